The van der Waals surface area contributed by atoms with Gasteiger partial charge < -0.3 is 15.6 Å². The van der Waals surface area contributed by atoms with Crippen molar-refractivity contribution < 1.29 is 14.6 Å². The van der Waals surface area contributed by atoms with Crippen LogP contribution in [0, 0.1) is 0 Å². The molecule has 0 bridgehead atoms. The van der Waals surface area contributed by atoms with Crippen LogP contribution in [0.1, 0.15) is 19.4 Å². The summed E-state index contributed by atoms with van der Waals surface area (Å²) in [4.78, 5) is 11.4. The molecule has 0 saturated carbocycles. The van der Waals surface area contributed by atoms with E-state index in [1.807, 2.05) is 0 Å². The van der Waals surface area contributed by atoms with Gasteiger partial charge in [0.25, 0.3) is 0 Å². The number of carbonyl (C=O) groups is 1. The van der Waals surface area contributed by atoms with Crippen LogP contribution in [-0.4, -0.2) is 23.2 Å². The van der Waals surface area contributed by atoms with Crippen LogP contribution in [0.4, 0.5) is 0 Å². The lowest BCUT2D eigenvalue weighted by atomic mass is 10.1. The molecule has 0 radical (unpaired) electrons. The van der Waals surface area contributed by atoms with E-state index in [0.717, 1.165) is 5.56 Å². The van der Waals surface area contributed by atoms with Crippen molar-refractivity contribution in [1.29, 1.82) is 0 Å². The number of rotatable bonds is 4. The highest BCUT2D eigenvalue weighted by Crippen LogP contribution is 2.11. The minimum Gasteiger partial charge on any atom is -0.508 e. The van der Waals surface area contributed by atoms with Crippen LogP contribution >= 0.6 is 12.4 Å². The number of phenols is 1. The van der Waals surface area contributed by atoms with Crippen LogP contribution < -0.4 is 5.73 Å². The summed E-state index contributed by atoms with van der Waals surface area (Å²) in [6.07, 6.45) is 0.254. The second kappa shape index (κ2) is 7.14. The Kier molecular flexibility index (Phi) is 6.61. The van der Waals surface area contributed by atoms with E-state index in [2.05, 4.69) is 0 Å². The predicted molar refractivity (Wildman–Crippen MR) is 68.3 cm³/mol. The summed E-state index contributed by atoms with van der Waals surface area (Å²) in [6, 6.07) is 5.94. The maximum atomic E-state index is 11.4. The summed E-state index contributed by atoms with van der Waals surface area (Å²) in [6.45, 7) is 3.57. The van der Waals surface area contributed by atoms with Gasteiger partial charge in [0.05, 0.1) is 6.10 Å². The number of phenolic OH excluding ortho intramolecular Hbond substituents is 1. The van der Waals surface area contributed by atoms with Gasteiger partial charge in [-0.05, 0) is 38.0 Å². The zero-order valence-electron chi connectivity index (χ0n) is 9.92. The molecule has 1 aromatic rings. The molecule has 1 rings (SSSR count). The Morgan fingerprint density at radius 1 is 1.35 bits per heavy atom. The van der Waals surface area contributed by atoms with E-state index >= 15 is 0 Å². The fraction of sp³-hybridized carbons (Fsp3) is 0.417. The second-order valence-electron chi connectivity index (χ2n) is 3.96. The Morgan fingerprint density at radius 3 is 2.35 bits per heavy atom. The van der Waals surface area contributed by atoms with Gasteiger partial charge in [-0.25, -0.2) is 0 Å². The van der Waals surface area contributed by atoms with E-state index in [1.165, 1.54) is 0 Å². The third-order valence-electron chi connectivity index (χ3n) is 2.05. The number of hydrogen-bond acceptors (Lipinski definition) is 4. The zero-order chi connectivity index (χ0) is 12.1. The smallest absolute Gasteiger partial charge is 0.323 e. The normalized spacial score (nSPS) is 11.8. The van der Waals surface area contributed by atoms with Crippen LogP contribution in [0.15, 0.2) is 24.3 Å². The van der Waals surface area contributed by atoms with E-state index in [1.54, 1.807) is 38.1 Å². The van der Waals surface area contributed by atoms with E-state index in [-0.39, 0.29) is 24.3 Å². The molecule has 0 aliphatic rings. The molecule has 0 fully saturated rings. The molecular weight excluding hydrogens is 242 g/mol. The topological polar surface area (TPSA) is 72.5 Å². The lowest BCUT2D eigenvalue weighted by Crippen LogP contribution is -2.35. The van der Waals surface area contributed by atoms with Crippen molar-refractivity contribution in [2.75, 3.05) is 0 Å². The molecule has 5 heteroatoms. The SMILES string of the molecule is CC(C)OC(=O)[C@H](N)Cc1ccc(O)cc1.Cl. The van der Waals surface area contributed by atoms with Crippen molar-refractivity contribution in [2.24, 2.45) is 5.73 Å². The van der Waals surface area contributed by atoms with E-state index < -0.39 is 12.0 Å². The number of carbonyl (C=O) groups excluding carboxylic acids is 1. The molecular formula is C12H18ClNO3. The number of nitrogens with two attached hydrogens (primary N) is 1. The highest BCUT2D eigenvalue weighted by atomic mass is 35.5. The Bertz CT molecular complexity index is 351. The Morgan fingerprint density at radius 2 is 1.88 bits per heavy atom. The third-order valence-corrected chi connectivity index (χ3v) is 2.05. The van der Waals surface area contributed by atoms with Gasteiger partial charge >= 0.3 is 5.97 Å². The first kappa shape index (κ1) is 15.7. The number of halogens is 1. The lowest BCUT2D eigenvalue weighted by Gasteiger charge is -2.13. The standard InChI is InChI=1S/C12H17NO3.ClH/c1-8(2)16-12(15)11(13)7-9-3-5-10(14)6-4-9;/h3-6,8,11,14H,7,13H2,1-2H3;1H/t11-;/m1./s1. The van der Waals surface area contributed by atoms with E-state index in [4.69, 9.17) is 15.6 Å². The van der Waals surface area contributed by atoms with Gasteiger partial charge in [-0.1, -0.05) is 12.1 Å². The second-order valence-corrected chi connectivity index (χ2v) is 3.96. The number of benzene rings is 1. The average molecular weight is 260 g/mol. The Labute approximate surface area is 107 Å². The van der Waals surface area contributed by atoms with Crippen LogP contribution in [0.25, 0.3) is 0 Å². The molecule has 0 aromatic heterocycles. The number of aromatic hydroxyl groups is 1. The molecule has 17 heavy (non-hydrogen) atoms. The molecule has 96 valence electrons. The first-order valence-electron chi connectivity index (χ1n) is 5.23. The molecule has 1 aromatic carbocycles. The van der Waals surface area contributed by atoms with Crippen molar-refractivity contribution in [3.63, 3.8) is 0 Å². The zero-order valence-corrected chi connectivity index (χ0v) is 10.7. The summed E-state index contributed by atoms with van der Waals surface area (Å²) in [5.41, 5.74) is 6.59. The van der Waals surface area contributed by atoms with Gasteiger partial charge in [0.2, 0.25) is 0 Å². The molecule has 3 N–H and O–H groups in total. The summed E-state index contributed by atoms with van der Waals surface area (Å²) in [5.74, 6) is -0.204. The van der Waals surface area contributed by atoms with Crippen LogP contribution in [0.2, 0.25) is 0 Å². The fourth-order valence-electron chi connectivity index (χ4n) is 1.29. The maximum absolute atomic E-state index is 11.4. The largest absolute Gasteiger partial charge is 0.508 e. The van der Waals surface area contributed by atoms with Gasteiger partial charge in [-0.2, -0.15) is 0 Å². The van der Waals surface area contributed by atoms with Gasteiger partial charge in [0.15, 0.2) is 0 Å². The van der Waals surface area contributed by atoms with Crippen molar-refractivity contribution in [1.82, 2.24) is 0 Å². The summed E-state index contributed by atoms with van der Waals surface area (Å²) in [7, 11) is 0. The van der Waals surface area contributed by atoms with Gasteiger partial charge in [0.1, 0.15) is 11.8 Å². The molecule has 0 heterocycles. The third kappa shape index (κ3) is 5.56. The van der Waals surface area contributed by atoms with E-state index in [9.17, 15) is 4.79 Å². The highest BCUT2D eigenvalue weighted by molar-refractivity contribution is 5.85. The first-order chi connectivity index (χ1) is 7.49. The minimum absolute atomic E-state index is 0. The van der Waals surface area contributed by atoms with Gasteiger partial charge in [-0.15, -0.1) is 12.4 Å². The quantitative estimate of drug-likeness (QED) is 0.807. The van der Waals surface area contributed by atoms with Gasteiger partial charge in [-0.3, -0.25) is 4.79 Å². The molecule has 0 aliphatic heterocycles. The highest BCUT2D eigenvalue weighted by Gasteiger charge is 2.16. The minimum atomic E-state index is -0.660. The van der Waals surface area contributed by atoms with Crippen molar-refractivity contribution in [3.8, 4) is 5.75 Å². The monoisotopic (exact) mass is 259 g/mol. The number of esters is 1. The summed E-state index contributed by atoms with van der Waals surface area (Å²) >= 11 is 0. The molecule has 0 spiro atoms. The molecule has 1 atom stereocenters. The average Bonchev–Trinajstić information content (AvgIpc) is 2.20. The predicted octanol–water partition coefficient (Wildman–Crippen LogP) is 1.64. The first-order valence-corrected chi connectivity index (χ1v) is 5.23. The fourth-order valence-corrected chi connectivity index (χ4v) is 1.29. The van der Waals surface area contributed by atoms with Gasteiger partial charge in [0, 0.05) is 0 Å². The summed E-state index contributed by atoms with van der Waals surface area (Å²) < 4.78 is 4.99. The summed E-state index contributed by atoms with van der Waals surface area (Å²) in [5, 5.41) is 9.10. The lowest BCUT2D eigenvalue weighted by molar-refractivity contribution is -0.148. The molecule has 4 nitrogen and oxygen atoms in total. The van der Waals surface area contributed by atoms with Crippen LogP contribution in [0.3, 0.4) is 0 Å². The van der Waals surface area contributed by atoms with Crippen LogP contribution in [0.5, 0.6) is 5.75 Å². The van der Waals surface area contributed by atoms with Crippen molar-refractivity contribution >= 4 is 18.4 Å². The maximum Gasteiger partial charge on any atom is 0.323 e. The Hall–Kier alpha value is -1.26. The Balaban J connectivity index is 0.00000256. The number of hydrogen-bond donors (Lipinski definition) is 2. The molecule has 0 unspecified atom stereocenters. The molecule has 0 aliphatic carbocycles. The van der Waals surface area contributed by atoms with E-state index in [0.29, 0.717) is 6.42 Å². The van der Waals surface area contributed by atoms with Crippen LogP contribution in [-0.2, 0) is 16.0 Å². The van der Waals surface area contributed by atoms with Crippen molar-refractivity contribution in [2.45, 2.75) is 32.4 Å². The number of ether oxygens (including phenoxy) is 1. The molecule has 0 saturated heterocycles. The van der Waals surface area contributed by atoms with Crippen molar-refractivity contribution in [3.05, 3.63) is 29.8 Å². The molecule has 0 amide bonds.